The van der Waals surface area contributed by atoms with E-state index in [1.807, 2.05) is 4.90 Å². The van der Waals surface area contributed by atoms with Crippen LogP contribution in [0.4, 0.5) is 0 Å². The Labute approximate surface area is 96.5 Å². The molecule has 2 fully saturated rings. The van der Waals surface area contributed by atoms with Gasteiger partial charge in [-0.05, 0) is 19.4 Å². The number of carbonyl (C=O) groups is 1. The molecule has 5 heteroatoms. The predicted molar refractivity (Wildman–Crippen MR) is 61.3 cm³/mol. The molecule has 92 valence electrons. The third-order valence-corrected chi connectivity index (χ3v) is 3.37. The number of amides is 1. The van der Waals surface area contributed by atoms with Crippen LogP contribution in [0.5, 0.6) is 0 Å². The Morgan fingerprint density at radius 3 is 3.00 bits per heavy atom. The van der Waals surface area contributed by atoms with Crippen LogP contribution in [0.2, 0.25) is 0 Å². The van der Waals surface area contributed by atoms with Crippen molar-refractivity contribution in [2.24, 2.45) is 0 Å². The number of nitrogens with one attached hydrogen (secondary N) is 2. The zero-order chi connectivity index (χ0) is 11.4. The minimum absolute atomic E-state index is 0.0388. The highest BCUT2D eigenvalue weighted by atomic mass is 16.5. The Kier molecular flexibility index (Phi) is 4.15. The van der Waals surface area contributed by atoms with Crippen molar-refractivity contribution >= 4 is 5.91 Å². The third kappa shape index (κ3) is 2.72. The van der Waals surface area contributed by atoms with Crippen LogP contribution < -0.4 is 10.6 Å². The lowest BCUT2D eigenvalue weighted by molar-refractivity contribution is -0.133. The normalized spacial score (nSPS) is 31.4. The molecule has 5 nitrogen and oxygen atoms in total. The van der Waals surface area contributed by atoms with E-state index in [9.17, 15) is 4.79 Å². The average Bonchev–Trinajstić information content (AvgIpc) is 2.62. The van der Waals surface area contributed by atoms with E-state index in [-0.39, 0.29) is 18.1 Å². The second-order valence-electron chi connectivity index (χ2n) is 4.48. The summed E-state index contributed by atoms with van der Waals surface area (Å²) in [7, 11) is 1.70. The monoisotopic (exact) mass is 227 g/mol. The van der Waals surface area contributed by atoms with Crippen molar-refractivity contribution in [2.45, 2.75) is 25.0 Å². The fourth-order valence-electron chi connectivity index (χ4n) is 2.36. The first kappa shape index (κ1) is 11.8. The van der Waals surface area contributed by atoms with Crippen LogP contribution in [0, 0.1) is 0 Å². The number of methoxy groups -OCH3 is 1. The van der Waals surface area contributed by atoms with Crippen molar-refractivity contribution in [2.75, 3.05) is 39.8 Å². The lowest BCUT2D eigenvalue weighted by Crippen LogP contribution is -2.44. The molecular weight excluding hydrogens is 206 g/mol. The number of nitrogens with zero attached hydrogens (tertiary/aromatic N) is 1. The van der Waals surface area contributed by atoms with Crippen molar-refractivity contribution < 1.29 is 9.53 Å². The maximum Gasteiger partial charge on any atom is 0.239 e. The van der Waals surface area contributed by atoms with E-state index in [0.29, 0.717) is 0 Å². The molecule has 0 bridgehead atoms. The van der Waals surface area contributed by atoms with Gasteiger partial charge in [0.25, 0.3) is 0 Å². The van der Waals surface area contributed by atoms with Gasteiger partial charge in [0, 0.05) is 33.3 Å². The summed E-state index contributed by atoms with van der Waals surface area (Å²) in [5.74, 6) is 0.239. The van der Waals surface area contributed by atoms with E-state index in [1.165, 1.54) is 0 Å². The van der Waals surface area contributed by atoms with E-state index in [4.69, 9.17) is 4.74 Å². The van der Waals surface area contributed by atoms with Gasteiger partial charge in [-0.2, -0.15) is 0 Å². The molecule has 0 aromatic carbocycles. The highest BCUT2D eigenvalue weighted by Crippen LogP contribution is 2.12. The van der Waals surface area contributed by atoms with Crippen LogP contribution in [-0.2, 0) is 9.53 Å². The quantitative estimate of drug-likeness (QED) is 0.647. The fraction of sp³-hybridized carbons (Fsp3) is 0.909. The molecule has 2 atom stereocenters. The molecule has 16 heavy (non-hydrogen) atoms. The van der Waals surface area contributed by atoms with Gasteiger partial charge in [-0.15, -0.1) is 0 Å². The molecule has 0 spiro atoms. The molecule has 2 heterocycles. The Balaban J connectivity index is 1.86. The number of hydrogen-bond donors (Lipinski definition) is 2. The van der Waals surface area contributed by atoms with Gasteiger partial charge in [0.1, 0.15) is 0 Å². The Morgan fingerprint density at radius 2 is 2.25 bits per heavy atom. The average molecular weight is 227 g/mol. The van der Waals surface area contributed by atoms with Crippen LogP contribution in [0.3, 0.4) is 0 Å². The Hall–Kier alpha value is -0.650. The van der Waals surface area contributed by atoms with E-state index in [1.54, 1.807) is 7.11 Å². The summed E-state index contributed by atoms with van der Waals surface area (Å²) in [5, 5.41) is 6.54. The van der Waals surface area contributed by atoms with Gasteiger partial charge in [-0.25, -0.2) is 0 Å². The van der Waals surface area contributed by atoms with Gasteiger partial charge in [0.05, 0.1) is 12.1 Å². The minimum atomic E-state index is -0.0388. The van der Waals surface area contributed by atoms with Crippen molar-refractivity contribution in [3.05, 3.63) is 0 Å². The van der Waals surface area contributed by atoms with E-state index in [2.05, 4.69) is 10.6 Å². The summed E-state index contributed by atoms with van der Waals surface area (Å²) >= 11 is 0. The van der Waals surface area contributed by atoms with Crippen LogP contribution in [-0.4, -0.2) is 62.8 Å². The van der Waals surface area contributed by atoms with Gasteiger partial charge in [-0.3, -0.25) is 4.79 Å². The van der Waals surface area contributed by atoms with E-state index in [0.717, 1.165) is 45.6 Å². The number of ether oxygens (including phenoxy) is 1. The zero-order valence-corrected chi connectivity index (χ0v) is 9.87. The number of hydrogen-bond acceptors (Lipinski definition) is 4. The maximum atomic E-state index is 12.2. The fourth-order valence-corrected chi connectivity index (χ4v) is 2.36. The highest BCUT2D eigenvalue weighted by molar-refractivity contribution is 5.82. The lowest BCUT2D eigenvalue weighted by atomic mass is 10.1. The predicted octanol–water partition coefficient (Wildman–Crippen LogP) is -0.815. The largest absolute Gasteiger partial charge is 0.380 e. The minimum Gasteiger partial charge on any atom is -0.380 e. The lowest BCUT2D eigenvalue weighted by Gasteiger charge is -2.23. The number of carbonyl (C=O) groups excluding carboxylic acids is 1. The van der Waals surface area contributed by atoms with Crippen molar-refractivity contribution in [3.8, 4) is 0 Å². The van der Waals surface area contributed by atoms with Gasteiger partial charge >= 0.3 is 0 Å². The van der Waals surface area contributed by atoms with Crippen LogP contribution in [0.15, 0.2) is 0 Å². The first-order valence-electron chi connectivity index (χ1n) is 6.07. The molecule has 0 saturated carbocycles. The summed E-state index contributed by atoms with van der Waals surface area (Å²) in [4.78, 5) is 14.2. The molecule has 0 aromatic heterocycles. The van der Waals surface area contributed by atoms with Gasteiger partial charge in [0.15, 0.2) is 0 Å². The molecule has 2 N–H and O–H groups in total. The molecule has 1 amide bonds. The molecule has 0 radical (unpaired) electrons. The van der Waals surface area contributed by atoms with E-state index < -0.39 is 0 Å². The molecule has 2 aliphatic heterocycles. The van der Waals surface area contributed by atoms with Gasteiger partial charge < -0.3 is 20.3 Å². The number of rotatable bonds is 2. The standard InChI is InChI=1S/C11H21N3O2/c1-16-9-7-10(13-8-9)11(15)14-5-2-3-12-4-6-14/h9-10,12-13H,2-8H2,1H3. The third-order valence-electron chi connectivity index (χ3n) is 3.37. The van der Waals surface area contributed by atoms with Crippen molar-refractivity contribution in [1.82, 2.24) is 15.5 Å². The SMILES string of the molecule is COC1CNC(C(=O)N2CCCNCC2)C1. The first-order valence-corrected chi connectivity index (χ1v) is 6.07. The van der Waals surface area contributed by atoms with Crippen LogP contribution in [0.25, 0.3) is 0 Å². The van der Waals surface area contributed by atoms with Crippen LogP contribution >= 0.6 is 0 Å². The first-order chi connectivity index (χ1) is 7.81. The molecule has 0 aliphatic carbocycles. The molecule has 2 rings (SSSR count). The molecule has 2 unspecified atom stereocenters. The summed E-state index contributed by atoms with van der Waals surface area (Å²) in [6.07, 6.45) is 2.05. The molecule has 2 saturated heterocycles. The summed E-state index contributed by atoms with van der Waals surface area (Å²) in [6.45, 7) is 4.42. The topological polar surface area (TPSA) is 53.6 Å². The summed E-state index contributed by atoms with van der Waals surface area (Å²) in [6, 6.07) is -0.0388. The van der Waals surface area contributed by atoms with Crippen molar-refractivity contribution in [1.29, 1.82) is 0 Å². The van der Waals surface area contributed by atoms with Gasteiger partial charge in [-0.1, -0.05) is 0 Å². The Morgan fingerprint density at radius 1 is 1.38 bits per heavy atom. The smallest absolute Gasteiger partial charge is 0.239 e. The maximum absolute atomic E-state index is 12.2. The molecular formula is C11H21N3O2. The second kappa shape index (κ2) is 5.61. The Bertz CT molecular complexity index is 239. The van der Waals surface area contributed by atoms with Gasteiger partial charge in [0.2, 0.25) is 5.91 Å². The van der Waals surface area contributed by atoms with E-state index >= 15 is 0 Å². The summed E-state index contributed by atoms with van der Waals surface area (Å²) < 4.78 is 5.26. The zero-order valence-electron chi connectivity index (χ0n) is 9.87. The molecule has 2 aliphatic rings. The van der Waals surface area contributed by atoms with Crippen molar-refractivity contribution in [3.63, 3.8) is 0 Å². The second-order valence-corrected chi connectivity index (χ2v) is 4.48. The molecule has 0 aromatic rings. The summed E-state index contributed by atoms with van der Waals surface area (Å²) in [5.41, 5.74) is 0. The highest BCUT2D eigenvalue weighted by Gasteiger charge is 2.32. The van der Waals surface area contributed by atoms with Crippen LogP contribution in [0.1, 0.15) is 12.8 Å².